The number of aryl methyl sites for hydroxylation is 1. The van der Waals surface area contributed by atoms with Gasteiger partial charge in [0.05, 0.1) is 0 Å². The van der Waals surface area contributed by atoms with Crippen LogP contribution in [-0.2, 0) is 20.7 Å². The minimum atomic E-state index is -0.660. The van der Waals surface area contributed by atoms with Gasteiger partial charge in [-0.2, -0.15) is 0 Å². The average molecular weight is 397 g/mol. The van der Waals surface area contributed by atoms with Gasteiger partial charge in [0.2, 0.25) is 11.8 Å². The normalized spacial score (nSPS) is 10.7. The molecule has 0 saturated carbocycles. The molecule has 3 amide bonds. The Hall–Kier alpha value is -3.35. The molecule has 0 spiro atoms. The van der Waals surface area contributed by atoms with Gasteiger partial charge in [0.15, 0.2) is 0 Å². The van der Waals surface area contributed by atoms with E-state index in [0.717, 1.165) is 5.56 Å². The summed E-state index contributed by atoms with van der Waals surface area (Å²) in [5.41, 5.74) is 1.57. The number of carbonyl (C=O) groups is 3. The molecule has 0 bridgehead atoms. The Balaban J connectivity index is 1.80. The summed E-state index contributed by atoms with van der Waals surface area (Å²) in [7, 11) is 0. The molecule has 3 N–H and O–H groups in total. The molecule has 0 aromatic heterocycles. The SMILES string of the molecule is CC(C)(C)OC(=O)NCC(=O)Nc1cccc(NC(=O)CCc2ccccc2)c1. The Bertz CT molecular complexity index is 845. The summed E-state index contributed by atoms with van der Waals surface area (Å²) < 4.78 is 5.08. The average Bonchev–Trinajstić information content (AvgIpc) is 2.64. The topological polar surface area (TPSA) is 96.5 Å². The zero-order chi connectivity index (χ0) is 21.3. The van der Waals surface area contributed by atoms with Crippen LogP contribution in [0.1, 0.15) is 32.8 Å². The lowest BCUT2D eigenvalue weighted by Gasteiger charge is -2.19. The van der Waals surface area contributed by atoms with Gasteiger partial charge in [0, 0.05) is 17.8 Å². The molecule has 0 radical (unpaired) electrons. The molecule has 0 atom stereocenters. The third-order valence-corrected chi connectivity index (χ3v) is 3.71. The van der Waals surface area contributed by atoms with Crippen molar-refractivity contribution in [2.75, 3.05) is 17.2 Å². The van der Waals surface area contributed by atoms with Crippen molar-refractivity contribution in [2.45, 2.75) is 39.2 Å². The second-order valence-electron chi connectivity index (χ2n) is 7.52. The van der Waals surface area contributed by atoms with Gasteiger partial charge >= 0.3 is 6.09 Å². The molecule has 0 aliphatic heterocycles. The zero-order valence-electron chi connectivity index (χ0n) is 17.0. The maximum absolute atomic E-state index is 12.2. The molecule has 0 saturated heterocycles. The van der Waals surface area contributed by atoms with Gasteiger partial charge < -0.3 is 20.7 Å². The van der Waals surface area contributed by atoms with Gasteiger partial charge in [-0.3, -0.25) is 9.59 Å². The van der Waals surface area contributed by atoms with Crippen LogP contribution in [0, 0.1) is 0 Å². The molecule has 0 aliphatic carbocycles. The molecule has 0 unspecified atom stereocenters. The number of alkyl carbamates (subject to hydrolysis) is 1. The summed E-state index contributed by atoms with van der Waals surface area (Å²) in [5.74, 6) is -0.507. The quantitative estimate of drug-likeness (QED) is 0.663. The van der Waals surface area contributed by atoms with Crippen LogP contribution in [-0.4, -0.2) is 30.1 Å². The molecular formula is C22H27N3O4. The van der Waals surface area contributed by atoms with Crippen LogP contribution in [0.2, 0.25) is 0 Å². The predicted molar refractivity (Wildman–Crippen MR) is 113 cm³/mol. The fourth-order valence-corrected chi connectivity index (χ4v) is 2.47. The number of nitrogens with one attached hydrogen (secondary N) is 3. The first kappa shape index (κ1) is 21.9. The van der Waals surface area contributed by atoms with Gasteiger partial charge in [0.1, 0.15) is 12.1 Å². The molecule has 7 nitrogen and oxygen atoms in total. The third-order valence-electron chi connectivity index (χ3n) is 3.71. The number of amides is 3. The van der Waals surface area contributed by atoms with Crippen molar-refractivity contribution in [3.63, 3.8) is 0 Å². The number of anilines is 2. The summed E-state index contributed by atoms with van der Waals surface area (Å²) in [5, 5.41) is 7.89. The van der Waals surface area contributed by atoms with Crippen molar-refractivity contribution >= 4 is 29.3 Å². The highest BCUT2D eigenvalue weighted by Crippen LogP contribution is 2.15. The van der Waals surface area contributed by atoms with Crippen molar-refractivity contribution in [1.29, 1.82) is 0 Å². The van der Waals surface area contributed by atoms with Crippen LogP contribution in [0.15, 0.2) is 54.6 Å². The maximum Gasteiger partial charge on any atom is 0.408 e. The van der Waals surface area contributed by atoms with E-state index in [2.05, 4.69) is 16.0 Å². The fraction of sp³-hybridized carbons (Fsp3) is 0.318. The van der Waals surface area contributed by atoms with Crippen LogP contribution in [0.5, 0.6) is 0 Å². The highest BCUT2D eigenvalue weighted by Gasteiger charge is 2.16. The first-order chi connectivity index (χ1) is 13.7. The van der Waals surface area contributed by atoms with E-state index >= 15 is 0 Å². The molecule has 7 heteroatoms. The Morgan fingerprint density at radius 3 is 2.10 bits per heavy atom. The first-order valence-corrected chi connectivity index (χ1v) is 9.42. The number of ether oxygens (including phenoxy) is 1. The van der Waals surface area contributed by atoms with Crippen molar-refractivity contribution in [1.82, 2.24) is 5.32 Å². The van der Waals surface area contributed by atoms with Crippen molar-refractivity contribution in [3.8, 4) is 0 Å². The number of carbonyl (C=O) groups excluding carboxylic acids is 3. The standard InChI is InChI=1S/C22H27N3O4/c1-22(2,3)29-21(28)23-15-20(27)25-18-11-7-10-17(14-18)24-19(26)13-12-16-8-5-4-6-9-16/h4-11,14H,12-13,15H2,1-3H3,(H,23,28)(H,24,26)(H,25,27). The molecular weight excluding hydrogens is 370 g/mol. The summed E-state index contributed by atoms with van der Waals surface area (Å²) in [6.07, 6.45) is 0.354. The second-order valence-corrected chi connectivity index (χ2v) is 7.52. The van der Waals surface area contributed by atoms with Gasteiger partial charge in [-0.05, 0) is 51.0 Å². The first-order valence-electron chi connectivity index (χ1n) is 9.42. The van der Waals surface area contributed by atoms with E-state index < -0.39 is 17.6 Å². The van der Waals surface area contributed by atoms with Crippen LogP contribution in [0.3, 0.4) is 0 Å². The van der Waals surface area contributed by atoms with Gasteiger partial charge in [-0.15, -0.1) is 0 Å². The second kappa shape index (κ2) is 10.3. The summed E-state index contributed by atoms with van der Waals surface area (Å²) in [6, 6.07) is 16.6. The third kappa shape index (κ3) is 8.92. The Labute approximate surface area is 170 Å². The van der Waals surface area contributed by atoms with E-state index in [0.29, 0.717) is 24.2 Å². The Morgan fingerprint density at radius 2 is 1.48 bits per heavy atom. The lowest BCUT2D eigenvalue weighted by Crippen LogP contribution is -2.37. The number of hydrogen-bond acceptors (Lipinski definition) is 4. The van der Waals surface area contributed by atoms with E-state index in [-0.39, 0.29) is 12.5 Å². The highest BCUT2D eigenvalue weighted by atomic mass is 16.6. The van der Waals surface area contributed by atoms with Gasteiger partial charge in [-0.25, -0.2) is 4.79 Å². The van der Waals surface area contributed by atoms with Crippen LogP contribution >= 0.6 is 0 Å². The Kier molecular flexibility index (Phi) is 7.77. The Morgan fingerprint density at radius 1 is 0.862 bits per heavy atom. The molecule has 2 aromatic carbocycles. The molecule has 2 rings (SSSR count). The highest BCUT2D eigenvalue weighted by molar-refractivity contribution is 5.95. The lowest BCUT2D eigenvalue weighted by atomic mass is 10.1. The smallest absolute Gasteiger partial charge is 0.408 e. The van der Waals surface area contributed by atoms with Crippen LogP contribution in [0.4, 0.5) is 16.2 Å². The van der Waals surface area contributed by atoms with E-state index in [4.69, 9.17) is 4.74 Å². The lowest BCUT2D eigenvalue weighted by molar-refractivity contribution is -0.116. The summed E-state index contributed by atoms with van der Waals surface area (Å²) in [4.78, 5) is 35.8. The number of benzene rings is 2. The molecule has 0 fully saturated rings. The molecule has 29 heavy (non-hydrogen) atoms. The van der Waals surface area contributed by atoms with Crippen molar-refractivity contribution in [3.05, 3.63) is 60.2 Å². The summed E-state index contributed by atoms with van der Waals surface area (Å²) in [6.45, 7) is 5.01. The number of hydrogen-bond donors (Lipinski definition) is 3. The van der Waals surface area contributed by atoms with Crippen LogP contribution < -0.4 is 16.0 Å². The fourth-order valence-electron chi connectivity index (χ4n) is 2.47. The van der Waals surface area contributed by atoms with E-state index in [9.17, 15) is 14.4 Å². The largest absolute Gasteiger partial charge is 0.444 e. The van der Waals surface area contributed by atoms with E-state index in [1.165, 1.54) is 0 Å². The van der Waals surface area contributed by atoms with Crippen molar-refractivity contribution < 1.29 is 19.1 Å². The van der Waals surface area contributed by atoms with Crippen molar-refractivity contribution in [2.24, 2.45) is 0 Å². The molecule has 154 valence electrons. The molecule has 2 aromatic rings. The minimum Gasteiger partial charge on any atom is -0.444 e. The van der Waals surface area contributed by atoms with Gasteiger partial charge in [0.25, 0.3) is 0 Å². The monoisotopic (exact) mass is 397 g/mol. The maximum atomic E-state index is 12.2. The summed E-state index contributed by atoms with van der Waals surface area (Å²) >= 11 is 0. The molecule has 0 aliphatic rings. The van der Waals surface area contributed by atoms with E-state index in [1.54, 1.807) is 45.0 Å². The number of rotatable bonds is 7. The van der Waals surface area contributed by atoms with E-state index in [1.807, 2.05) is 30.3 Å². The predicted octanol–water partition coefficient (Wildman–Crippen LogP) is 3.72. The zero-order valence-corrected chi connectivity index (χ0v) is 17.0. The van der Waals surface area contributed by atoms with Crippen LogP contribution in [0.25, 0.3) is 0 Å². The van der Waals surface area contributed by atoms with Gasteiger partial charge in [-0.1, -0.05) is 36.4 Å². The molecule has 0 heterocycles. The minimum absolute atomic E-state index is 0.107.